The number of benzene rings is 1. The first-order valence-corrected chi connectivity index (χ1v) is 10.3. The Morgan fingerprint density at radius 3 is 2.71 bits per heavy atom. The van der Waals surface area contributed by atoms with Crippen LogP contribution in [0.25, 0.3) is 0 Å². The Labute approximate surface area is 166 Å². The van der Waals surface area contributed by atoms with Gasteiger partial charge in [0.2, 0.25) is 0 Å². The van der Waals surface area contributed by atoms with Crippen molar-refractivity contribution in [2.75, 3.05) is 60.9 Å². The monoisotopic (exact) mass is 384 g/mol. The summed E-state index contributed by atoms with van der Waals surface area (Å²) in [5.74, 6) is 1.68. The topological polar surface area (TPSA) is 47.5 Å². The molecule has 0 amide bonds. The van der Waals surface area contributed by atoms with E-state index < -0.39 is 0 Å². The summed E-state index contributed by atoms with van der Waals surface area (Å²) in [7, 11) is 0. The Morgan fingerprint density at radius 1 is 1.07 bits per heavy atom. The molecule has 1 aromatic heterocycles. The number of piperidine rings is 1. The van der Waals surface area contributed by atoms with Gasteiger partial charge in [0.05, 0.1) is 0 Å². The predicted octanol–water partition coefficient (Wildman–Crippen LogP) is 2.84. The zero-order valence-corrected chi connectivity index (χ0v) is 16.5. The van der Waals surface area contributed by atoms with Crippen LogP contribution in [0.3, 0.4) is 0 Å². The second-order valence-electron chi connectivity index (χ2n) is 7.59. The summed E-state index contributed by atoms with van der Waals surface area (Å²) in [6, 6.07) is 9.20. The number of hydrogen-bond donors (Lipinski definition) is 1. The van der Waals surface area contributed by atoms with Crippen molar-refractivity contribution in [2.45, 2.75) is 25.8 Å². The van der Waals surface area contributed by atoms with Crippen molar-refractivity contribution in [3.05, 3.63) is 42.5 Å². The van der Waals surface area contributed by atoms with E-state index in [1.54, 1.807) is 18.5 Å². The minimum Gasteiger partial charge on any atom is -0.369 e. The summed E-state index contributed by atoms with van der Waals surface area (Å²) < 4.78 is 13.6. The summed E-state index contributed by atoms with van der Waals surface area (Å²) in [5, 5.41) is 3.57. The lowest BCUT2D eigenvalue weighted by Gasteiger charge is -2.36. The highest BCUT2D eigenvalue weighted by atomic mass is 19.1. The van der Waals surface area contributed by atoms with E-state index in [9.17, 15) is 4.39 Å². The predicted molar refractivity (Wildman–Crippen MR) is 112 cm³/mol. The normalized spacial score (nSPS) is 21.0. The lowest BCUT2D eigenvalue weighted by Crippen LogP contribution is -2.46. The number of nitrogens with one attached hydrogen (secondary N) is 1. The molecule has 150 valence electrons. The Hall–Kier alpha value is -2.41. The number of piperazine rings is 1. The molecule has 0 spiro atoms. The lowest BCUT2D eigenvalue weighted by molar-refractivity contribution is 0.270. The van der Waals surface area contributed by atoms with Gasteiger partial charge < -0.3 is 20.0 Å². The van der Waals surface area contributed by atoms with Gasteiger partial charge in [-0.25, -0.2) is 14.4 Å². The number of nitrogens with zero attached hydrogens (tertiary/aromatic N) is 5. The number of aromatic nitrogens is 2. The van der Waals surface area contributed by atoms with Crippen molar-refractivity contribution in [3.8, 4) is 0 Å². The Bertz CT molecular complexity index is 777. The van der Waals surface area contributed by atoms with E-state index in [4.69, 9.17) is 0 Å². The van der Waals surface area contributed by atoms with Crippen LogP contribution in [0, 0.1) is 5.82 Å². The van der Waals surface area contributed by atoms with Crippen molar-refractivity contribution >= 4 is 17.3 Å². The highest BCUT2D eigenvalue weighted by Crippen LogP contribution is 2.23. The number of anilines is 3. The van der Waals surface area contributed by atoms with E-state index >= 15 is 0 Å². The SMILES string of the molecule is CCN1CCN(c2cc(N[C@@H]3CCCN(c4cccc(F)c4)C3)ncn2)CC1. The van der Waals surface area contributed by atoms with Gasteiger partial charge in [-0.15, -0.1) is 0 Å². The van der Waals surface area contributed by atoms with Crippen molar-refractivity contribution in [3.63, 3.8) is 0 Å². The standard InChI is InChI=1S/C21H29FN6/c1-2-26-9-11-27(12-10-26)21-14-20(23-16-24-21)25-18-6-4-8-28(15-18)19-7-3-5-17(22)13-19/h3,5,7,13-14,16,18H,2,4,6,8-12,15H2,1H3,(H,23,24,25)/t18-/m1/s1. The molecule has 3 heterocycles. The van der Waals surface area contributed by atoms with E-state index in [0.29, 0.717) is 0 Å². The van der Waals surface area contributed by atoms with Gasteiger partial charge in [0.15, 0.2) is 0 Å². The first-order chi connectivity index (χ1) is 13.7. The van der Waals surface area contributed by atoms with Gasteiger partial charge in [-0.05, 0) is 37.6 Å². The number of hydrogen-bond acceptors (Lipinski definition) is 6. The van der Waals surface area contributed by atoms with Crippen LogP contribution in [-0.2, 0) is 0 Å². The van der Waals surface area contributed by atoms with Crippen LogP contribution < -0.4 is 15.1 Å². The minimum atomic E-state index is -0.184. The Kier molecular flexibility index (Phi) is 5.90. The molecule has 0 radical (unpaired) electrons. The van der Waals surface area contributed by atoms with E-state index in [1.807, 2.05) is 6.07 Å². The molecule has 2 fully saturated rings. The number of rotatable bonds is 5. The summed E-state index contributed by atoms with van der Waals surface area (Å²) in [4.78, 5) is 16.0. The molecular weight excluding hydrogens is 355 g/mol. The maximum absolute atomic E-state index is 13.6. The molecule has 0 aliphatic carbocycles. The van der Waals surface area contributed by atoms with Crippen LogP contribution in [0.15, 0.2) is 36.7 Å². The molecule has 0 unspecified atom stereocenters. The van der Waals surface area contributed by atoms with Crippen LogP contribution in [-0.4, -0.2) is 66.7 Å². The molecule has 0 bridgehead atoms. The summed E-state index contributed by atoms with van der Waals surface area (Å²) >= 11 is 0. The van der Waals surface area contributed by atoms with Crippen LogP contribution in [0.1, 0.15) is 19.8 Å². The van der Waals surface area contributed by atoms with Crippen molar-refractivity contribution < 1.29 is 4.39 Å². The van der Waals surface area contributed by atoms with Crippen LogP contribution in [0.4, 0.5) is 21.7 Å². The van der Waals surface area contributed by atoms with Crippen LogP contribution >= 0.6 is 0 Å². The van der Waals surface area contributed by atoms with E-state index in [-0.39, 0.29) is 11.9 Å². The molecule has 28 heavy (non-hydrogen) atoms. The summed E-state index contributed by atoms with van der Waals surface area (Å²) in [5.41, 5.74) is 0.948. The molecule has 6 nitrogen and oxygen atoms in total. The maximum Gasteiger partial charge on any atom is 0.134 e. The Morgan fingerprint density at radius 2 is 1.93 bits per heavy atom. The molecule has 2 aliphatic heterocycles. The van der Waals surface area contributed by atoms with Crippen molar-refractivity contribution in [2.24, 2.45) is 0 Å². The fourth-order valence-electron chi connectivity index (χ4n) is 4.10. The van der Waals surface area contributed by atoms with Crippen LogP contribution in [0.2, 0.25) is 0 Å². The molecule has 2 aliphatic rings. The molecule has 4 rings (SSSR count). The third-order valence-electron chi connectivity index (χ3n) is 5.74. The second-order valence-corrected chi connectivity index (χ2v) is 7.59. The molecule has 0 saturated carbocycles. The first kappa shape index (κ1) is 18.9. The smallest absolute Gasteiger partial charge is 0.134 e. The number of likely N-dealkylation sites (N-methyl/N-ethyl adjacent to an activating group) is 1. The average molecular weight is 385 g/mol. The van der Waals surface area contributed by atoms with Crippen LogP contribution in [0.5, 0.6) is 0 Å². The van der Waals surface area contributed by atoms with E-state index in [0.717, 1.165) is 76.0 Å². The largest absolute Gasteiger partial charge is 0.369 e. The van der Waals surface area contributed by atoms with E-state index in [2.05, 4.69) is 43.0 Å². The number of halogens is 1. The molecule has 2 saturated heterocycles. The van der Waals surface area contributed by atoms with Gasteiger partial charge in [0.1, 0.15) is 23.8 Å². The molecule has 1 atom stereocenters. The third kappa shape index (κ3) is 4.52. The van der Waals surface area contributed by atoms with Gasteiger partial charge >= 0.3 is 0 Å². The van der Waals surface area contributed by atoms with Gasteiger partial charge in [0, 0.05) is 57.1 Å². The van der Waals surface area contributed by atoms with Gasteiger partial charge in [-0.2, -0.15) is 0 Å². The van der Waals surface area contributed by atoms with Gasteiger partial charge in [-0.1, -0.05) is 13.0 Å². The zero-order valence-electron chi connectivity index (χ0n) is 16.5. The quantitative estimate of drug-likeness (QED) is 0.855. The summed E-state index contributed by atoms with van der Waals surface area (Å²) in [6.45, 7) is 9.27. The van der Waals surface area contributed by atoms with E-state index in [1.165, 1.54) is 6.07 Å². The molecule has 2 aromatic rings. The second kappa shape index (κ2) is 8.73. The van der Waals surface area contributed by atoms with Gasteiger partial charge in [-0.3, -0.25) is 0 Å². The fraction of sp³-hybridized carbons (Fsp3) is 0.524. The highest BCUT2D eigenvalue weighted by molar-refractivity contribution is 5.51. The third-order valence-corrected chi connectivity index (χ3v) is 5.74. The maximum atomic E-state index is 13.6. The first-order valence-electron chi connectivity index (χ1n) is 10.3. The molecule has 1 N–H and O–H groups in total. The van der Waals surface area contributed by atoms with Gasteiger partial charge in [0.25, 0.3) is 0 Å². The molecule has 1 aromatic carbocycles. The summed E-state index contributed by atoms with van der Waals surface area (Å²) in [6.07, 6.45) is 3.81. The highest BCUT2D eigenvalue weighted by Gasteiger charge is 2.22. The minimum absolute atomic E-state index is 0.184. The lowest BCUT2D eigenvalue weighted by atomic mass is 10.0. The average Bonchev–Trinajstić information content (AvgIpc) is 2.74. The Balaban J connectivity index is 1.39. The van der Waals surface area contributed by atoms with Crippen molar-refractivity contribution in [1.82, 2.24) is 14.9 Å². The van der Waals surface area contributed by atoms with Crippen molar-refractivity contribution in [1.29, 1.82) is 0 Å². The fourth-order valence-corrected chi connectivity index (χ4v) is 4.10. The molecular formula is C21H29FN6. The zero-order chi connectivity index (χ0) is 19.3. The molecule has 7 heteroatoms.